The molecule has 1 heterocycles. The van der Waals surface area contributed by atoms with Gasteiger partial charge in [-0.1, -0.05) is 20.8 Å². The number of hydrogen-bond donors (Lipinski definition) is 1. The van der Waals surface area contributed by atoms with Crippen molar-refractivity contribution in [2.24, 2.45) is 11.3 Å². The van der Waals surface area contributed by atoms with Crippen LogP contribution in [0.1, 0.15) is 33.6 Å². The number of nitrogens with zero attached hydrogens (tertiary/aromatic N) is 2. The monoisotopic (exact) mass is 272 g/mol. The van der Waals surface area contributed by atoms with Crippen molar-refractivity contribution in [3.05, 3.63) is 0 Å². The lowest BCUT2D eigenvalue weighted by atomic mass is 9.77. The van der Waals surface area contributed by atoms with Gasteiger partial charge in [-0.05, 0) is 18.3 Å². The number of carbonyl (C=O) groups excluding carboxylic acids is 1. The average Bonchev–Trinajstić information content (AvgIpc) is 2.35. The third-order valence-electron chi connectivity index (χ3n) is 3.78. The number of carboxylic acid groups (broad SMARTS) is 1. The fourth-order valence-corrected chi connectivity index (χ4v) is 2.59. The minimum atomic E-state index is -0.911. The summed E-state index contributed by atoms with van der Waals surface area (Å²) in [7, 11) is 3.03. The van der Waals surface area contributed by atoms with Gasteiger partial charge < -0.3 is 10.0 Å². The maximum absolute atomic E-state index is 12.1. The van der Waals surface area contributed by atoms with Gasteiger partial charge in [0.05, 0.1) is 7.11 Å². The molecule has 0 saturated carbocycles. The van der Waals surface area contributed by atoms with Crippen molar-refractivity contribution < 1.29 is 19.5 Å². The molecule has 0 aromatic carbocycles. The zero-order valence-electron chi connectivity index (χ0n) is 12.3. The predicted molar refractivity (Wildman–Crippen MR) is 70.5 cm³/mol. The Morgan fingerprint density at radius 3 is 2.37 bits per heavy atom. The van der Waals surface area contributed by atoms with Gasteiger partial charge >= 0.3 is 6.09 Å². The molecule has 2 atom stereocenters. The van der Waals surface area contributed by atoms with Gasteiger partial charge in [-0.25, -0.2) is 9.86 Å². The summed E-state index contributed by atoms with van der Waals surface area (Å²) in [6.45, 7) is 6.40. The van der Waals surface area contributed by atoms with E-state index in [0.717, 1.165) is 0 Å². The highest BCUT2D eigenvalue weighted by Crippen LogP contribution is 2.35. The van der Waals surface area contributed by atoms with Gasteiger partial charge in [0.2, 0.25) is 5.91 Å². The van der Waals surface area contributed by atoms with E-state index in [0.29, 0.717) is 19.4 Å². The molecule has 1 aliphatic rings. The first-order chi connectivity index (χ1) is 8.68. The second-order valence-electron chi connectivity index (χ2n) is 6.10. The van der Waals surface area contributed by atoms with Gasteiger partial charge in [-0.2, -0.15) is 0 Å². The molecule has 2 amide bonds. The van der Waals surface area contributed by atoms with E-state index in [1.165, 1.54) is 17.1 Å². The summed E-state index contributed by atoms with van der Waals surface area (Å²) >= 11 is 0. The van der Waals surface area contributed by atoms with Gasteiger partial charge in [0.1, 0.15) is 0 Å². The Kier molecular flexibility index (Phi) is 4.79. The molecule has 0 bridgehead atoms. The van der Waals surface area contributed by atoms with Crippen molar-refractivity contribution in [3.63, 3.8) is 0 Å². The average molecular weight is 272 g/mol. The number of hydrogen-bond acceptors (Lipinski definition) is 3. The summed E-state index contributed by atoms with van der Waals surface area (Å²) in [5.41, 5.74) is -0.191. The third-order valence-corrected chi connectivity index (χ3v) is 3.78. The maximum atomic E-state index is 12.1. The van der Waals surface area contributed by atoms with Gasteiger partial charge in [0.25, 0.3) is 0 Å². The van der Waals surface area contributed by atoms with Crippen LogP contribution in [0.5, 0.6) is 0 Å². The summed E-state index contributed by atoms with van der Waals surface area (Å²) in [6.07, 6.45) is 0.180. The Bertz CT molecular complexity index is 351. The molecule has 1 N–H and O–H groups in total. The number of carbonyl (C=O) groups is 2. The van der Waals surface area contributed by atoms with Crippen molar-refractivity contribution in [2.75, 3.05) is 20.7 Å². The van der Waals surface area contributed by atoms with Gasteiger partial charge in [-0.3, -0.25) is 9.63 Å². The van der Waals surface area contributed by atoms with Crippen LogP contribution in [0.15, 0.2) is 0 Å². The first-order valence-electron chi connectivity index (χ1n) is 6.49. The van der Waals surface area contributed by atoms with Gasteiger partial charge in [0, 0.05) is 25.6 Å². The minimum Gasteiger partial charge on any atom is -0.465 e. The van der Waals surface area contributed by atoms with E-state index in [1.54, 1.807) is 7.05 Å². The highest BCUT2D eigenvalue weighted by molar-refractivity contribution is 5.78. The lowest BCUT2D eigenvalue weighted by Gasteiger charge is -2.44. The van der Waals surface area contributed by atoms with E-state index >= 15 is 0 Å². The first-order valence-corrected chi connectivity index (χ1v) is 6.49. The molecule has 1 saturated heterocycles. The van der Waals surface area contributed by atoms with Crippen LogP contribution in [0.2, 0.25) is 0 Å². The second-order valence-corrected chi connectivity index (χ2v) is 6.10. The number of piperidine rings is 1. The molecule has 0 spiro atoms. The molecule has 1 fully saturated rings. The molecule has 6 heteroatoms. The molecule has 1 rings (SSSR count). The smallest absolute Gasteiger partial charge is 0.407 e. The summed E-state index contributed by atoms with van der Waals surface area (Å²) in [5, 5.41) is 10.5. The Labute approximate surface area is 114 Å². The van der Waals surface area contributed by atoms with E-state index in [1.807, 2.05) is 20.8 Å². The largest absolute Gasteiger partial charge is 0.465 e. The molecule has 0 aromatic rings. The summed E-state index contributed by atoms with van der Waals surface area (Å²) in [6, 6.07) is -0.155. The molecule has 0 aliphatic carbocycles. The van der Waals surface area contributed by atoms with Gasteiger partial charge in [0.15, 0.2) is 0 Å². The standard InChI is InChI=1S/C13H24N2O4/c1-13(2,3)10-8-9(11(16)14(4)19-5)6-7-15(10)12(17)18/h9-10H,6-8H2,1-5H3,(H,17,18). The molecule has 0 aromatic heterocycles. The van der Waals surface area contributed by atoms with Crippen molar-refractivity contribution in [1.82, 2.24) is 9.96 Å². The van der Waals surface area contributed by atoms with Crippen LogP contribution in [0.25, 0.3) is 0 Å². The second kappa shape index (κ2) is 5.77. The lowest BCUT2D eigenvalue weighted by molar-refractivity contribution is -0.176. The summed E-state index contributed by atoms with van der Waals surface area (Å²) < 4.78 is 0. The molecular weight excluding hydrogens is 248 g/mol. The first kappa shape index (κ1) is 15.8. The zero-order chi connectivity index (χ0) is 14.8. The maximum Gasteiger partial charge on any atom is 0.407 e. The molecule has 110 valence electrons. The van der Waals surface area contributed by atoms with Crippen LogP contribution in [-0.2, 0) is 9.63 Å². The lowest BCUT2D eigenvalue weighted by Crippen LogP contribution is -2.53. The Hall–Kier alpha value is -1.30. The van der Waals surface area contributed by atoms with Crippen LogP contribution < -0.4 is 0 Å². The van der Waals surface area contributed by atoms with Crippen molar-refractivity contribution in [1.29, 1.82) is 0 Å². The molecule has 0 radical (unpaired) electrons. The Morgan fingerprint density at radius 1 is 1.37 bits per heavy atom. The van der Waals surface area contributed by atoms with Crippen LogP contribution in [-0.4, -0.2) is 53.8 Å². The van der Waals surface area contributed by atoms with Crippen molar-refractivity contribution in [3.8, 4) is 0 Å². The normalized spacial score (nSPS) is 24.2. The van der Waals surface area contributed by atoms with Crippen molar-refractivity contribution in [2.45, 2.75) is 39.7 Å². The molecular formula is C13H24N2O4. The zero-order valence-corrected chi connectivity index (χ0v) is 12.3. The summed E-state index contributed by atoms with van der Waals surface area (Å²) in [4.78, 5) is 29.8. The quantitative estimate of drug-likeness (QED) is 0.778. The number of amides is 2. The topological polar surface area (TPSA) is 70.1 Å². The molecule has 1 aliphatic heterocycles. The number of rotatable bonds is 2. The summed E-state index contributed by atoms with van der Waals surface area (Å²) in [5.74, 6) is -0.258. The Balaban J connectivity index is 2.85. The molecule has 19 heavy (non-hydrogen) atoms. The Morgan fingerprint density at radius 2 is 1.95 bits per heavy atom. The minimum absolute atomic E-state index is 0.0817. The molecule has 6 nitrogen and oxygen atoms in total. The van der Waals surface area contributed by atoms with Crippen LogP contribution >= 0.6 is 0 Å². The van der Waals surface area contributed by atoms with Gasteiger partial charge in [-0.15, -0.1) is 0 Å². The number of hydroxylamine groups is 2. The van der Waals surface area contributed by atoms with E-state index in [-0.39, 0.29) is 23.3 Å². The van der Waals surface area contributed by atoms with E-state index in [9.17, 15) is 14.7 Å². The predicted octanol–water partition coefficient (Wildman–Crippen LogP) is 1.81. The van der Waals surface area contributed by atoms with Crippen molar-refractivity contribution >= 4 is 12.0 Å². The van der Waals surface area contributed by atoms with Crippen LogP contribution in [0, 0.1) is 11.3 Å². The molecule has 2 unspecified atom stereocenters. The van der Waals surface area contributed by atoms with Crippen LogP contribution in [0.3, 0.4) is 0 Å². The highest BCUT2D eigenvalue weighted by Gasteiger charge is 2.41. The SMILES string of the molecule is CON(C)C(=O)C1CCN(C(=O)O)C(C(C)(C)C)C1. The van der Waals surface area contributed by atoms with Crippen LogP contribution in [0.4, 0.5) is 4.79 Å². The van der Waals surface area contributed by atoms with E-state index < -0.39 is 6.09 Å². The fourth-order valence-electron chi connectivity index (χ4n) is 2.59. The highest BCUT2D eigenvalue weighted by atomic mass is 16.7. The van der Waals surface area contributed by atoms with E-state index in [2.05, 4.69) is 0 Å². The number of likely N-dealkylation sites (tertiary alicyclic amines) is 1. The fraction of sp³-hybridized carbons (Fsp3) is 0.846. The van der Waals surface area contributed by atoms with E-state index in [4.69, 9.17) is 4.84 Å². The third kappa shape index (κ3) is 3.59.